The number of benzene rings is 1. The van der Waals surface area contributed by atoms with Crippen LogP contribution in [0.2, 0.25) is 0 Å². The molecule has 0 radical (unpaired) electrons. The topological polar surface area (TPSA) is 90.6 Å². The first-order valence-corrected chi connectivity index (χ1v) is 7.26. The molecule has 2 saturated heterocycles. The van der Waals surface area contributed by atoms with Crippen LogP contribution in [0.15, 0.2) is 32.8 Å². The second kappa shape index (κ2) is 4.41. The van der Waals surface area contributed by atoms with E-state index in [1.54, 1.807) is 0 Å². The van der Waals surface area contributed by atoms with Gasteiger partial charge < -0.3 is 19.5 Å². The highest BCUT2D eigenvalue weighted by atomic mass is 16.6. The van der Waals surface area contributed by atoms with Crippen molar-refractivity contribution in [2.24, 2.45) is 10.1 Å². The maximum Gasteiger partial charge on any atom is 0.198 e. The zero-order chi connectivity index (χ0) is 16.4. The normalized spacial score (nSPS) is 31.8. The second-order valence-corrected chi connectivity index (χ2v) is 5.94. The lowest BCUT2D eigenvalue weighted by Crippen LogP contribution is -2.33. The first-order valence-electron chi connectivity index (χ1n) is 7.26. The molecule has 1 aromatic carbocycles. The van der Waals surface area contributed by atoms with Gasteiger partial charge in [0.25, 0.3) is 0 Å². The molecule has 3 atom stereocenters. The Morgan fingerprint density at radius 3 is 2.78 bits per heavy atom. The van der Waals surface area contributed by atoms with Crippen LogP contribution >= 0.6 is 0 Å². The maximum atomic E-state index is 10.3. The lowest BCUT2D eigenvalue weighted by molar-refractivity contribution is 0.106. The molecular weight excluding hydrogens is 298 g/mol. The summed E-state index contributed by atoms with van der Waals surface area (Å²) in [7, 11) is 1.45. The molecule has 4 rings (SSSR count). The molecule has 3 heterocycles. The summed E-state index contributed by atoms with van der Waals surface area (Å²) in [6.45, 7) is 5.80. The van der Waals surface area contributed by atoms with Crippen LogP contribution in [0.3, 0.4) is 0 Å². The van der Waals surface area contributed by atoms with E-state index in [0.29, 0.717) is 23.7 Å². The molecular formula is C16H17N3O4. The van der Waals surface area contributed by atoms with E-state index in [9.17, 15) is 10.2 Å². The van der Waals surface area contributed by atoms with Gasteiger partial charge in [0.2, 0.25) is 0 Å². The van der Waals surface area contributed by atoms with Gasteiger partial charge in [0.1, 0.15) is 24.0 Å². The number of rotatable bonds is 4. The van der Waals surface area contributed by atoms with Crippen LogP contribution in [-0.4, -0.2) is 53.7 Å². The number of aliphatic hydroxyl groups is 2. The first-order chi connectivity index (χ1) is 11.0. The molecule has 3 unspecified atom stereocenters. The fourth-order valence-corrected chi connectivity index (χ4v) is 3.47. The van der Waals surface area contributed by atoms with E-state index in [1.165, 1.54) is 7.11 Å². The summed E-state index contributed by atoms with van der Waals surface area (Å²) >= 11 is 0. The SMILES string of the molecule is C=NC(=NOC)c1ccc2oc(C3(CO)N4CC43O)c(C)c2c1. The average Bonchev–Trinajstić information content (AvgIpc) is 3.33. The molecule has 0 bridgehead atoms. The van der Waals surface area contributed by atoms with Crippen molar-refractivity contribution < 1.29 is 19.5 Å². The van der Waals surface area contributed by atoms with Gasteiger partial charge in [-0.25, -0.2) is 9.89 Å². The van der Waals surface area contributed by atoms with Gasteiger partial charge >= 0.3 is 0 Å². The van der Waals surface area contributed by atoms with E-state index >= 15 is 0 Å². The van der Waals surface area contributed by atoms with E-state index in [1.807, 2.05) is 30.0 Å². The average molecular weight is 315 g/mol. The molecule has 2 N–H and O–H groups in total. The highest BCUT2D eigenvalue weighted by molar-refractivity contribution is 6.03. The van der Waals surface area contributed by atoms with Gasteiger partial charge in [0.05, 0.1) is 6.61 Å². The standard InChI is InChI=1S/C16H17N3O4/c1-9-11-6-10(14(17-2)18-22-3)4-5-12(11)23-13(9)15(8-20)16(21)7-19(15)16/h4-6,20-21H,2,7-8H2,1,3H3. The first kappa shape index (κ1) is 14.4. The number of aryl methyl sites for hydroxylation is 1. The van der Waals surface area contributed by atoms with Crippen LogP contribution < -0.4 is 0 Å². The lowest BCUT2D eigenvalue weighted by Gasteiger charge is -2.18. The minimum atomic E-state index is -0.950. The molecule has 2 aliphatic rings. The Hall–Kier alpha value is -2.22. The van der Waals surface area contributed by atoms with Gasteiger partial charge in [-0.05, 0) is 31.8 Å². The van der Waals surface area contributed by atoms with Crippen LogP contribution in [0.25, 0.3) is 11.0 Å². The smallest absolute Gasteiger partial charge is 0.198 e. The Balaban J connectivity index is 1.84. The van der Waals surface area contributed by atoms with Gasteiger partial charge in [-0.15, -0.1) is 0 Å². The molecule has 0 saturated carbocycles. The Morgan fingerprint density at radius 2 is 2.26 bits per heavy atom. The molecule has 2 aliphatic heterocycles. The van der Waals surface area contributed by atoms with Crippen molar-refractivity contribution in [3.05, 3.63) is 35.1 Å². The zero-order valence-corrected chi connectivity index (χ0v) is 12.9. The molecule has 2 aromatic rings. The summed E-state index contributed by atoms with van der Waals surface area (Å²) in [6, 6.07) is 5.52. The van der Waals surface area contributed by atoms with Crippen molar-refractivity contribution in [3.8, 4) is 0 Å². The summed E-state index contributed by atoms with van der Waals surface area (Å²) in [6.07, 6.45) is 0. The third kappa shape index (κ3) is 1.59. The Labute approximate surface area is 132 Å². The van der Waals surface area contributed by atoms with Gasteiger partial charge in [-0.2, -0.15) is 0 Å². The Kier molecular flexibility index (Phi) is 2.76. The minimum Gasteiger partial charge on any atom is -0.459 e. The van der Waals surface area contributed by atoms with Gasteiger partial charge in [0, 0.05) is 23.1 Å². The van der Waals surface area contributed by atoms with E-state index in [4.69, 9.17) is 9.25 Å². The van der Waals surface area contributed by atoms with Crippen molar-refractivity contribution in [2.45, 2.75) is 18.2 Å². The quantitative estimate of drug-likeness (QED) is 0.379. The third-order valence-electron chi connectivity index (χ3n) is 4.92. The molecule has 0 amide bonds. The van der Waals surface area contributed by atoms with E-state index in [2.05, 4.69) is 16.9 Å². The molecule has 1 aromatic heterocycles. The van der Waals surface area contributed by atoms with Gasteiger partial charge in [0.15, 0.2) is 11.6 Å². The monoisotopic (exact) mass is 315 g/mol. The third-order valence-corrected chi connectivity index (χ3v) is 4.92. The molecule has 0 spiro atoms. The summed E-state index contributed by atoms with van der Waals surface area (Å²) in [5.74, 6) is 0.989. The highest BCUT2D eigenvalue weighted by Crippen LogP contribution is 2.70. The van der Waals surface area contributed by atoms with Gasteiger partial charge in [-0.3, -0.25) is 0 Å². The summed E-state index contributed by atoms with van der Waals surface area (Å²) in [5, 5.41) is 24.8. The van der Waals surface area contributed by atoms with E-state index in [0.717, 1.165) is 16.5 Å². The van der Waals surface area contributed by atoms with Crippen molar-refractivity contribution in [2.75, 3.05) is 20.3 Å². The van der Waals surface area contributed by atoms with Crippen molar-refractivity contribution in [1.29, 1.82) is 0 Å². The van der Waals surface area contributed by atoms with Crippen LogP contribution in [0.1, 0.15) is 16.9 Å². The fraction of sp³-hybridized carbons (Fsp3) is 0.375. The largest absolute Gasteiger partial charge is 0.459 e. The summed E-state index contributed by atoms with van der Waals surface area (Å²) in [5.41, 5.74) is 0.580. The van der Waals surface area contributed by atoms with Crippen LogP contribution in [0.5, 0.6) is 0 Å². The number of aliphatic imine (C=N–C) groups is 1. The zero-order valence-electron chi connectivity index (χ0n) is 12.9. The number of furan rings is 1. The summed E-state index contributed by atoms with van der Waals surface area (Å²) in [4.78, 5) is 10.4. The maximum absolute atomic E-state index is 10.3. The molecule has 7 nitrogen and oxygen atoms in total. The second-order valence-electron chi connectivity index (χ2n) is 5.94. The van der Waals surface area contributed by atoms with Crippen LogP contribution in [-0.2, 0) is 10.4 Å². The van der Waals surface area contributed by atoms with Crippen molar-refractivity contribution in [3.63, 3.8) is 0 Å². The predicted molar refractivity (Wildman–Crippen MR) is 84.5 cm³/mol. The number of oxime groups is 1. The van der Waals surface area contributed by atoms with Crippen molar-refractivity contribution >= 4 is 23.5 Å². The fourth-order valence-electron chi connectivity index (χ4n) is 3.47. The van der Waals surface area contributed by atoms with Crippen LogP contribution in [0.4, 0.5) is 0 Å². The van der Waals surface area contributed by atoms with Gasteiger partial charge in [-0.1, -0.05) is 5.16 Å². The summed E-state index contributed by atoms with van der Waals surface area (Å²) < 4.78 is 5.93. The number of nitrogens with zero attached hydrogens (tertiary/aromatic N) is 3. The molecule has 120 valence electrons. The molecule has 2 fully saturated rings. The highest BCUT2D eigenvalue weighted by Gasteiger charge is 2.90. The Morgan fingerprint density at radius 1 is 1.52 bits per heavy atom. The predicted octanol–water partition coefficient (Wildman–Crippen LogP) is 0.955. The molecule has 23 heavy (non-hydrogen) atoms. The molecule has 7 heteroatoms. The minimum absolute atomic E-state index is 0.179. The Bertz CT molecular complexity index is 858. The number of hydrogen-bond donors (Lipinski definition) is 2. The number of fused-ring (bicyclic) bond motifs is 2. The van der Waals surface area contributed by atoms with E-state index < -0.39 is 11.3 Å². The van der Waals surface area contributed by atoms with E-state index in [-0.39, 0.29) is 6.61 Å². The number of hydrogen-bond acceptors (Lipinski definition) is 6. The number of amidine groups is 1. The lowest BCUT2D eigenvalue weighted by atomic mass is 9.94. The van der Waals surface area contributed by atoms with Crippen LogP contribution in [0, 0.1) is 6.92 Å². The van der Waals surface area contributed by atoms with Crippen molar-refractivity contribution in [1.82, 2.24) is 4.90 Å². The number of aliphatic hydroxyl groups excluding tert-OH is 1. The molecule has 0 aliphatic carbocycles.